The predicted molar refractivity (Wildman–Crippen MR) is 91.7 cm³/mol. The van der Waals surface area contributed by atoms with E-state index in [-0.39, 0.29) is 22.3 Å². The second kappa shape index (κ2) is 6.68. The van der Waals surface area contributed by atoms with E-state index < -0.39 is 9.84 Å². The van der Waals surface area contributed by atoms with E-state index in [1.165, 1.54) is 0 Å². The molecular weight excluding hydrogens is 324 g/mol. The first kappa shape index (κ1) is 16.6. The van der Waals surface area contributed by atoms with Gasteiger partial charge in [0.1, 0.15) is 9.80 Å². The molecule has 6 heteroatoms. The van der Waals surface area contributed by atoms with E-state index in [0.29, 0.717) is 30.0 Å². The second-order valence-corrected chi connectivity index (χ2v) is 7.56. The van der Waals surface area contributed by atoms with Crippen LogP contribution in [0.2, 0.25) is 0 Å². The Morgan fingerprint density at radius 3 is 2.75 bits per heavy atom. The third-order valence-corrected chi connectivity index (χ3v) is 6.09. The van der Waals surface area contributed by atoms with Crippen molar-refractivity contribution in [3.63, 3.8) is 0 Å². The number of rotatable bonds is 3. The topological polar surface area (TPSA) is 79.2 Å². The number of benzene rings is 1. The third kappa shape index (κ3) is 2.80. The van der Waals surface area contributed by atoms with E-state index in [9.17, 15) is 8.42 Å². The summed E-state index contributed by atoms with van der Waals surface area (Å²) in [6.07, 6.45) is 1.70. The number of nitrogens with zero attached hydrogens (tertiary/aromatic N) is 1. The lowest BCUT2D eigenvalue weighted by atomic mass is 10.0. The molecule has 0 saturated carbocycles. The van der Waals surface area contributed by atoms with Gasteiger partial charge in [0.25, 0.3) is 0 Å². The first-order valence-corrected chi connectivity index (χ1v) is 9.33. The fraction of sp³-hybridized carbons (Fsp3) is 0.389. The normalized spacial score (nSPS) is 19.2. The van der Waals surface area contributed by atoms with Crippen LogP contribution in [0.3, 0.4) is 0 Å². The molecule has 1 N–H and O–H groups in total. The minimum Gasteiger partial charge on any atom is -0.381 e. The Labute approximate surface area is 142 Å². The predicted octanol–water partition coefficient (Wildman–Crippen LogP) is 2.71. The van der Waals surface area contributed by atoms with Gasteiger partial charge in [0.05, 0.1) is 18.2 Å². The van der Waals surface area contributed by atoms with Crippen molar-refractivity contribution in [3.05, 3.63) is 28.7 Å². The van der Waals surface area contributed by atoms with E-state index >= 15 is 0 Å². The molecule has 5 nitrogen and oxygen atoms in total. The van der Waals surface area contributed by atoms with Gasteiger partial charge in [-0.1, -0.05) is 18.1 Å². The lowest BCUT2D eigenvalue weighted by Crippen LogP contribution is -2.28. The third-order valence-electron chi connectivity index (χ3n) is 4.23. The van der Waals surface area contributed by atoms with Crippen LogP contribution < -0.4 is 5.32 Å². The van der Waals surface area contributed by atoms with Crippen molar-refractivity contribution in [1.82, 2.24) is 0 Å². The minimum absolute atomic E-state index is 0.0248. The number of anilines is 1. The number of nitrogens with one attached hydrogen (secondary N) is 1. The number of hydrogen-bond donors (Lipinski definition) is 1. The molecule has 0 radical (unpaired) electrons. The summed E-state index contributed by atoms with van der Waals surface area (Å²) in [4.78, 5) is 0.308. The smallest absolute Gasteiger partial charge is 0.217 e. The molecule has 24 heavy (non-hydrogen) atoms. The first-order chi connectivity index (χ1) is 11.6. The van der Waals surface area contributed by atoms with Crippen LogP contribution in [0, 0.1) is 23.2 Å². The van der Waals surface area contributed by atoms with E-state index in [0.717, 1.165) is 12.8 Å². The molecule has 0 amide bonds. The molecule has 0 atom stereocenters. The van der Waals surface area contributed by atoms with Gasteiger partial charge in [-0.25, -0.2) is 8.42 Å². The Bertz CT molecular complexity index is 892. The summed E-state index contributed by atoms with van der Waals surface area (Å²) < 4.78 is 31.3. The largest absolute Gasteiger partial charge is 0.381 e. The molecule has 1 aromatic carbocycles. The quantitative estimate of drug-likeness (QED) is 0.855. The molecule has 1 fully saturated rings. The molecule has 2 aliphatic heterocycles. The van der Waals surface area contributed by atoms with Crippen LogP contribution in [0.5, 0.6) is 0 Å². The average Bonchev–Trinajstić information content (AvgIpc) is 2.79. The second-order valence-electron chi connectivity index (χ2n) is 5.73. The van der Waals surface area contributed by atoms with Gasteiger partial charge in [0, 0.05) is 30.4 Å². The number of hydrogen-bond acceptors (Lipinski definition) is 5. The molecular formula is C18H18N2O3S. The van der Waals surface area contributed by atoms with Crippen LogP contribution in [-0.2, 0) is 14.6 Å². The fourth-order valence-electron chi connectivity index (χ4n) is 3.14. The number of ether oxygens (including phenoxy) is 1. The zero-order chi connectivity index (χ0) is 17.2. The first-order valence-electron chi connectivity index (χ1n) is 7.85. The van der Waals surface area contributed by atoms with Gasteiger partial charge in [-0.15, -0.1) is 5.92 Å². The SMILES string of the molecule is CC#CC1=C(CC#N)c2cccc(NC3CCOCC3)c2S1(=O)=O. The van der Waals surface area contributed by atoms with Gasteiger partial charge in [-0.05, 0) is 25.8 Å². The molecule has 0 aliphatic carbocycles. The van der Waals surface area contributed by atoms with Crippen molar-refractivity contribution in [2.45, 2.75) is 37.1 Å². The number of fused-ring (bicyclic) bond motifs is 1. The Hall–Kier alpha value is -2.28. The lowest BCUT2D eigenvalue weighted by molar-refractivity contribution is 0.0904. The maximum atomic E-state index is 13.0. The Morgan fingerprint density at radius 2 is 2.08 bits per heavy atom. The monoisotopic (exact) mass is 342 g/mol. The van der Waals surface area contributed by atoms with E-state index in [1.807, 2.05) is 6.07 Å². The maximum absolute atomic E-state index is 13.0. The van der Waals surface area contributed by atoms with E-state index in [4.69, 9.17) is 10.00 Å². The molecule has 0 spiro atoms. The van der Waals surface area contributed by atoms with Gasteiger partial charge in [0.15, 0.2) is 0 Å². The minimum atomic E-state index is -3.70. The highest BCUT2D eigenvalue weighted by Gasteiger charge is 2.37. The Balaban J connectivity index is 2.09. The van der Waals surface area contributed by atoms with Crippen LogP contribution in [0.15, 0.2) is 28.0 Å². The zero-order valence-electron chi connectivity index (χ0n) is 13.4. The van der Waals surface area contributed by atoms with Crippen LogP contribution in [0.4, 0.5) is 5.69 Å². The summed E-state index contributed by atoms with van der Waals surface area (Å²) in [5, 5.41) is 12.4. The lowest BCUT2D eigenvalue weighted by Gasteiger charge is -2.25. The number of sulfone groups is 1. The average molecular weight is 342 g/mol. The van der Waals surface area contributed by atoms with Crippen molar-refractivity contribution >= 4 is 21.1 Å². The summed E-state index contributed by atoms with van der Waals surface area (Å²) >= 11 is 0. The standard InChI is InChI=1S/C18H18N2O3S/c1-2-4-17-14(7-10-19)15-5-3-6-16(18(15)24(17,21)22)20-13-8-11-23-12-9-13/h3,5-6,13,20H,7-9,11-12H2,1H3. The molecule has 1 aromatic rings. The number of allylic oxidation sites excluding steroid dienone is 2. The van der Waals surface area contributed by atoms with Crippen molar-refractivity contribution < 1.29 is 13.2 Å². The summed E-state index contributed by atoms with van der Waals surface area (Å²) in [6.45, 7) is 2.94. The molecule has 3 rings (SSSR count). The van der Waals surface area contributed by atoms with Crippen molar-refractivity contribution in [2.24, 2.45) is 0 Å². The summed E-state index contributed by atoms with van der Waals surface area (Å²) in [7, 11) is -3.70. The zero-order valence-corrected chi connectivity index (χ0v) is 14.2. The van der Waals surface area contributed by atoms with Gasteiger partial charge < -0.3 is 10.1 Å². The van der Waals surface area contributed by atoms with Gasteiger partial charge in [-0.2, -0.15) is 5.26 Å². The molecule has 0 aromatic heterocycles. The summed E-state index contributed by atoms with van der Waals surface area (Å²) in [5.74, 6) is 5.35. The van der Waals surface area contributed by atoms with Crippen molar-refractivity contribution in [1.29, 1.82) is 5.26 Å². The van der Waals surface area contributed by atoms with Crippen molar-refractivity contribution in [3.8, 4) is 17.9 Å². The Kier molecular flexibility index (Phi) is 4.62. The van der Waals surface area contributed by atoms with Gasteiger partial charge >= 0.3 is 0 Å². The summed E-state index contributed by atoms with van der Waals surface area (Å²) in [6, 6.07) is 7.57. The molecule has 0 unspecified atom stereocenters. The summed E-state index contributed by atoms with van der Waals surface area (Å²) in [5.41, 5.74) is 1.67. The highest BCUT2D eigenvalue weighted by atomic mass is 32.2. The van der Waals surface area contributed by atoms with Gasteiger partial charge in [-0.3, -0.25) is 0 Å². The van der Waals surface area contributed by atoms with Crippen LogP contribution >= 0.6 is 0 Å². The fourth-order valence-corrected chi connectivity index (χ4v) is 4.98. The van der Waals surface area contributed by atoms with Crippen LogP contribution in [0.25, 0.3) is 5.57 Å². The number of nitriles is 1. The molecule has 1 saturated heterocycles. The van der Waals surface area contributed by atoms with Gasteiger partial charge in [0.2, 0.25) is 9.84 Å². The van der Waals surface area contributed by atoms with E-state index in [2.05, 4.69) is 23.2 Å². The van der Waals surface area contributed by atoms with Crippen LogP contribution in [0.1, 0.15) is 31.7 Å². The Morgan fingerprint density at radius 1 is 1.33 bits per heavy atom. The highest BCUT2D eigenvalue weighted by Crippen LogP contribution is 2.44. The highest BCUT2D eigenvalue weighted by molar-refractivity contribution is 7.96. The van der Waals surface area contributed by atoms with Crippen LogP contribution in [-0.4, -0.2) is 27.7 Å². The molecule has 2 heterocycles. The van der Waals surface area contributed by atoms with E-state index in [1.54, 1.807) is 19.1 Å². The van der Waals surface area contributed by atoms with Crippen molar-refractivity contribution in [2.75, 3.05) is 18.5 Å². The molecule has 124 valence electrons. The maximum Gasteiger partial charge on any atom is 0.217 e. The molecule has 2 aliphatic rings. The molecule has 0 bridgehead atoms.